The number of carbonyl (C=O) groups excluding carboxylic acids is 2. The molecule has 4 nitrogen and oxygen atoms in total. The normalized spacial score (nSPS) is 8.06. The molecule has 0 aliphatic carbocycles. The van der Waals surface area contributed by atoms with Crippen LogP contribution < -0.4 is 4.74 Å². The number of benzene rings is 1. The molecule has 17 heavy (non-hydrogen) atoms. The molecule has 0 saturated heterocycles. The molecule has 90 valence electrons. The minimum absolute atomic E-state index is 0.434. The fraction of sp³-hybridized carbons (Fsp3) is 0. The second-order valence-electron chi connectivity index (χ2n) is 2.55. The van der Waals surface area contributed by atoms with Gasteiger partial charge >= 0.3 is 11.9 Å². The Morgan fingerprint density at radius 1 is 1.06 bits per heavy atom. The zero-order chi connectivity index (χ0) is 13.1. The number of carbonyl (C=O) groups is 2. The average molecular weight is 252 g/mol. The first kappa shape index (κ1) is 15.0. The largest absolute Gasteiger partial charge is 0.423 e. The van der Waals surface area contributed by atoms with E-state index in [9.17, 15) is 9.59 Å². The molecule has 0 amide bonds. The lowest BCUT2D eigenvalue weighted by atomic mass is 10.3. The number of rotatable bonds is 3. The van der Waals surface area contributed by atoms with Crippen molar-refractivity contribution in [2.45, 2.75) is 0 Å². The van der Waals surface area contributed by atoms with E-state index in [1.807, 2.05) is 6.07 Å². The summed E-state index contributed by atoms with van der Waals surface area (Å²) in [5.74, 6) is -0.424. The van der Waals surface area contributed by atoms with Crippen LogP contribution in [0.3, 0.4) is 0 Å². The SMILES string of the molecule is C=CC(=O)OS.C=CC(=O)Oc1ccccc1. The van der Waals surface area contributed by atoms with Crippen LogP contribution in [0.4, 0.5) is 0 Å². The van der Waals surface area contributed by atoms with E-state index < -0.39 is 11.9 Å². The summed E-state index contributed by atoms with van der Waals surface area (Å²) in [6.45, 7) is 6.39. The summed E-state index contributed by atoms with van der Waals surface area (Å²) < 4.78 is 8.64. The van der Waals surface area contributed by atoms with E-state index in [-0.39, 0.29) is 0 Å². The highest BCUT2D eigenvalue weighted by molar-refractivity contribution is 7.75. The van der Waals surface area contributed by atoms with Crippen molar-refractivity contribution in [3.63, 3.8) is 0 Å². The highest BCUT2D eigenvalue weighted by Crippen LogP contribution is 2.07. The van der Waals surface area contributed by atoms with Crippen molar-refractivity contribution in [2.75, 3.05) is 0 Å². The van der Waals surface area contributed by atoms with Crippen LogP contribution in [0.25, 0.3) is 0 Å². The first-order valence-electron chi connectivity index (χ1n) is 4.51. The number of ether oxygens (including phenoxy) is 1. The fourth-order valence-corrected chi connectivity index (χ4v) is 0.758. The number of hydrogen-bond acceptors (Lipinski definition) is 5. The molecule has 0 aromatic heterocycles. The molecular formula is C12H12O4S. The molecule has 1 aromatic rings. The first-order chi connectivity index (χ1) is 8.13. The predicted octanol–water partition coefficient (Wildman–Crippen LogP) is 2.34. The topological polar surface area (TPSA) is 52.6 Å². The van der Waals surface area contributed by atoms with E-state index in [1.54, 1.807) is 24.3 Å². The van der Waals surface area contributed by atoms with Gasteiger partial charge in [-0.05, 0) is 12.1 Å². The summed E-state index contributed by atoms with van der Waals surface area (Å²) in [6.07, 6.45) is 2.17. The molecular weight excluding hydrogens is 240 g/mol. The van der Waals surface area contributed by atoms with Gasteiger partial charge in [-0.15, -0.1) is 0 Å². The van der Waals surface area contributed by atoms with Crippen molar-refractivity contribution >= 4 is 24.8 Å². The van der Waals surface area contributed by atoms with Crippen molar-refractivity contribution in [3.05, 3.63) is 55.6 Å². The van der Waals surface area contributed by atoms with Crippen LogP contribution in [-0.4, -0.2) is 11.9 Å². The van der Waals surface area contributed by atoms with E-state index in [0.717, 1.165) is 12.2 Å². The Hall–Kier alpha value is -2.01. The van der Waals surface area contributed by atoms with Gasteiger partial charge in [-0.25, -0.2) is 9.59 Å². The summed E-state index contributed by atoms with van der Waals surface area (Å²) in [6, 6.07) is 8.87. The lowest BCUT2D eigenvalue weighted by Gasteiger charge is -1.98. The van der Waals surface area contributed by atoms with Crippen molar-refractivity contribution in [3.8, 4) is 5.75 Å². The molecule has 0 heterocycles. The van der Waals surface area contributed by atoms with Gasteiger partial charge in [-0.2, -0.15) is 0 Å². The van der Waals surface area contributed by atoms with Crippen LogP contribution in [0.5, 0.6) is 5.75 Å². The molecule has 0 radical (unpaired) electrons. The van der Waals surface area contributed by atoms with Crippen molar-refractivity contribution in [2.24, 2.45) is 0 Å². The summed E-state index contributed by atoms with van der Waals surface area (Å²) in [5.41, 5.74) is 0. The third-order valence-electron chi connectivity index (χ3n) is 1.38. The van der Waals surface area contributed by atoms with Crippen LogP contribution in [-0.2, 0) is 13.8 Å². The lowest BCUT2D eigenvalue weighted by Crippen LogP contribution is -2.02. The Labute approximate surface area is 105 Å². The number of hydrogen-bond donors (Lipinski definition) is 1. The summed E-state index contributed by atoms with van der Waals surface area (Å²) in [5, 5.41) is 0. The van der Waals surface area contributed by atoms with Gasteiger partial charge in [0.05, 0.1) is 0 Å². The molecule has 0 fully saturated rings. The monoisotopic (exact) mass is 252 g/mol. The standard InChI is InChI=1S/C9H8O2.C3H4O2S/c1-2-9(10)11-8-6-4-3-5-7-8;1-2-3(4)5-6/h2-7H,1H2;2,6H,1H2. The van der Waals surface area contributed by atoms with E-state index >= 15 is 0 Å². The highest BCUT2D eigenvalue weighted by atomic mass is 32.1. The van der Waals surface area contributed by atoms with Gasteiger partial charge in [0.15, 0.2) is 0 Å². The van der Waals surface area contributed by atoms with Crippen LogP contribution in [0.15, 0.2) is 55.6 Å². The molecule has 0 spiro atoms. The summed E-state index contributed by atoms with van der Waals surface area (Å²) >= 11 is 3.17. The van der Waals surface area contributed by atoms with Gasteiger partial charge in [0.2, 0.25) is 0 Å². The molecule has 0 bridgehead atoms. The van der Waals surface area contributed by atoms with E-state index in [2.05, 4.69) is 30.3 Å². The maximum Gasteiger partial charge on any atom is 0.341 e. The van der Waals surface area contributed by atoms with Crippen LogP contribution in [0, 0.1) is 0 Å². The Kier molecular flexibility index (Phi) is 8.14. The molecule has 0 aliphatic heterocycles. The smallest absolute Gasteiger partial charge is 0.341 e. The van der Waals surface area contributed by atoms with Gasteiger partial charge in [-0.1, -0.05) is 31.4 Å². The zero-order valence-corrected chi connectivity index (χ0v) is 9.93. The molecule has 0 unspecified atom stereocenters. The van der Waals surface area contributed by atoms with Crippen molar-refractivity contribution < 1.29 is 18.5 Å². The molecule has 1 aromatic carbocycles. The number of thiol groups is 1. The molecule has 0 aliphatic rings. The first-order valence-corrected chi connectivity index (χ1v) is 4.87. The minimum atomic E-state index is -0.529. The Morgan fingerprint density at radius 3 is 1.94 bits per heavy atom. The van der Waals surface area contributed by atoms with Gasteiger partial charge in [-0.3, -0.25) is 0 Å². The summed E-state index contributed by atoms with van der Waals surface area (Å²) in [4.78, 5) is 20.4. The quantitative estimate of drug-likeness (QED) is 0.295. The van der Waals surface area contributed by atoms with Crippen LogP contribution >= 0.6 is 12.9 Å². The second kappa shape index (κ2) is 9.23. The zero-order valence-electron chi connectivity index (χ0n) is 9.04. The Bertz CT molecular complexity index is 387. The van der Waals surface area contributed by atoms with E-state index in [1.165, 1.54) is 0 Å². The third kappa shape index (κ3) is 7.87. The number of esters is 1. The van der Waals surface area contributed by atoms with Crippen molar-refractivity contribution in [1.82, 2.24) is 0 Å². The average Bonchev–Trinajstić information content (AvgIpc) is 2.39. The molecule has 0 saturated carbocycles. The van der Waals surface area contributed by atoms with Gasteiger partial charge in [0, 0.05) is 25.1 Å². The lowest BCUT2D eigenvalue weighted by molar-refractivity contribution is -0.129. The van der Waals surface area contributed by atoms with E-state index in [0.29, 0.717) is 5.75 Å². The Balaban J connectivity index is 0.000000366. The minimum Gasteiger partial charge on any atom is -0.423 e. The van der Waals surface area contributed by atoms with Gasteiger partial charge < -0.3 is 8.92 Å². The Morgan fingerprint density at radius 2 is 1.59 bits per heavy atom. The molecule has 0 atom stereocenters. The maximum absolute atomic E-state index is 10.6. The molecule has 5 heteroatoms. The molecule has 1 rings (SSSR count). The fourth-order valence-electron chi connectivity index (χ4n) is 0.684. The van der Waals surface area contributed by atoms with Gasteiger partial charge in [0.1, 0.15) is 5.75 Å². The predicted molar refractivity (Wildman–Crippen MR) is 67.5 cm³/mol. The van der Waals surface area contributed by atoms with Crippen molar-refractivity contribution in [1.29, 1.82) is 0 Å². The third-order valence-corrected chi connectivity index (χ3v) is 1.56. The highest BCUT2D eigenvalue weighted by Gasteiger charge is 1.95. The maximum atomic E-state index is 10.6. The number of para-hydroxylation sites is 1. The van der Waals surface area contributed by atoms with Gasteiger partial charge in [0.25, 0.3) is 0 Å². The van der Waals surface area contributed by atoms with E-state index in [4.69, 9.17) is 4.74 Å². The van der Waals surface area contributed by atoms with Crippen LogP contribution in [0.2, 0.25) is 0 Å². The second-order valence-corrected chi connectivity index (χ2v) is 2.74. The summed E-state index contributed by atoms with van der Waals surface area (Å²) in [7, 11) is 0. The van der Waals surface area contributed by atoms with Crippen LogP contribution in [0.1, 0.15) is 0 Å². The molecule has 0 N–H and O–H groups in total.